The number of aromatic nitrogens is 1. The highest BCUT2D eigenvalue weighted by Crippen LogP contribution is 2.34. The fourth-order valence-electron chi connectivity index (χ4n) is 3.65. The average Bonchev–Trinajstić information content (AvgIpc) is 3.30. The molecule has 0 radical (unpaired) electrons. The lowest BCUT2D eigenvalue weighted by Gasteiger charge is -2.15. The number of aryl methyl sites for hydroxylation is 1. The van der Waals surface area contributed by atoms with Crippen LogP contribution in [0.1, 0.15) is 40.2 Å². The van der Waals surface area contributed by atoms with Crippen molar-refractivity contribution in [1.82, 2.24) is 4.57 Å². The minimum Gasteiger partial charge on any atom is -0.376 e. The number of Topliss-reactive ketones (excluding diaryl/α,β-unsaturated/α-hetero) is 1. The summed E-state index contributed by atoms with van der Waals surface area (Å²) in [6.07, 6.45) is 2.52. The lowest BCUT2D eigenvalue weighted by Crippen LogP contribution is -2.17. The van der Waals surface area contributed by atoms with Crippen molar-refractivity contribution in [2.45, 2.75) is 45.1 Å². The highest BCUT2D eigenvalue weighted by atomic mass is 32.2. The topological polar surface area (TPSA) is 43.6 Å². The third kappa shape index (κ3) is 4.18. The number of rotatable bonds is 5. The maximum atomic E-state index is 12.8. The Morgan fingerprint density at radius 1 is 1.37 bits per heavy atom. The number of ether oxygens (including phenoxy) is 1. The first kappa shape index (κ1) is 18.8. The van der Waals surface area contributed by atoms with Gasteiger partial charge in [-0.25, -0.2) is 4.99 Å². The van der Waals surface area contributed by atoms with Crippen LogP contribution in [0.4, 0.5) is 5.69 Å². The summed E-state index contributed by atoms with van der Waals surface area (Å²) < 4.78 is 8.98. The highest BCUT2D eigenvalue weighted by molar-refractivity contribution is 8.38. The summed E-state index contributed by atoms with van der Waals surface area (Å²) >= 11 is 3.27. The zero-order valence-corrected chi connectivity index (χ0v) is 17.4. The van der Waals surface area contributed by atoms with E-state index < -0.39 is 0 Å². The van der Waals surface area contributed by atoms with Gasteiger partial charge in [0.2, 0.25) is 0 Å². The lowest BCUT2D eigenvalue weighted by atomic mass is 10.2. The number of nitrogens with zero attached hydrogens (tertiary/aromatic N) is 2. The summed E-state index contributed by atoms with van der Waals surface area (Å²) in [6.45, 7) is 5.82. The zero-order valence-electron chi connectivity index (χ0n) is 15.7. The van der Waals surface area contributed by atoms with Crippen molar-refractivity contribution in [3.05, 3.63) is 52.8 Å². The van der Waals surface area contributed by atoms with Gasteiger partial charge in [0.15, 0.2) is 5.78 Å². The third-order valence-electron chi connectivity index (χ3n) is 5.17. The Labute approximate surface area is 168 Å². The Balaban J connectivity index is 1.42. The van der Waals surface area contributed by atoms with E-state index in [0.717, 1.165) is 58.8 Å². The molecule has 2 aromatic rings. The number of carbonyl (C=O) groups excluding carboxylic acids is 1. The first-order chi connectivity index (χ1) is 13.1. The van der Waals surface area contributed by atoms with Gasteiger partial charge in [0.05, 0.1) is 17.5 Å². The lowest BCUT2D eigenvalue weighted by molar-refractivity contribution is 0.0957. The minimum absolute atomic E-state index is 0.175. The van der Waals surface area contributed by atoms with Gasteiger partial charge in [-0.05, 0) is 44.4 Å². The van der Waals surface area contributed by atoms with E-state index in [2.05, 4.69) is 17.6 Å². The van der Waals surface area contributed by atoms with Crippen molar-refractivity contribution in [2.24, 2.45) is 4.99 Å². The van der Waals surface area contributed by atoms with Crippen LogP contribution in [-0.4, -0.2) is 33.2 Å². The van der Waals surface area contributed by atoms with Gasteiger partial charge in [0, 0.05) is 35.9 Å². The summed E-state index contributed by atoms with van der Waals surface area (Å²) in [5.41, 5.74) is 5.31. The number of hydrogen-bond acceptors (Lipinski definition) is 5. The SMILES string of the molecule is Cc1cc(C(=O)CSC2=Nc3ccccc3CS2)c(C)n1C[C@@H]1CCCO1. The summed E-state index contributed by atoms with van der Waals surface area (Å²) in [4.78, 5) is 17.5. The van der Waals surface area contributed by atoms with E-state index in [1.165, 1.54) is 5.56 Å². The number of ketones is 1. The second kappa shape index (κ2) is 8.25. The number of thioether (sulfide) groups is 2. The van der Waals surface area contributed by atoms with Crippen LogP contribution < -0.4 is 0 Å². The molecule has 0 bridgehead atoms. The van der Waals surface area contributed by atoms with E-state index in [-0.39, 0.29) is 11.9 Å². The second-order valence-corrected chi connectivity index (χ2v) is 9.22. The molecule has 1 atom stereocenters. The van der Waals surface area contributed by atoms with Gasteiger partial charge in [-0.15, -0.1) is 0 Å². The molecule has 1 aromatic carbocycles. The first-order valence-corrected chi connectivity index (χ1v) is 11.3. The Hall–Kier alpha value is -1.50. The predicted molar refractivity (Wildman–Crippen MR) is 115 cm³/mol. The Morgan fingerprint density at radius 3 is 3.04 bits per heavy atom. The Morgan fingerprint density at radius 2 is 2.22 bits per heavy atom. The first-order valence-electron chi connectivity index (χ1n) is 9.35. The van der Waals surface area contributed by atoms with Crippen molar-refractivity contribution in [2.75, 3.05) is 12.4 Å². The van der Waals surface area contributed by atoms with Gasteiger partial charge in [0.1, 0.15) is 4.38 Å². The van der Waals surface area contributed by atoms with Crippen molar-refractivity contribution < 1.29 is 9.53 Å². The maximum Gasteiger partial charge on any atom is 0.174 e. The molecule has 0 unspecified atom stereocenters. The second-order valence-electron chi connectivity index (χ2n) is 7.04. The molecule has 4 nitrogen and oxygen atoms in total. The van der Waals surface area contributed by atoms with Crippen molar-refractivity contribution in [3.63, 3.8) is 0 Å². The normalized spacial score (nSPS) is 19.0. The summed E-state index contributed by atoms with van der Waals surface area (Å²) in [7, 11) is 0. The van der Waals surface area contributed by atoms with Crippen molar-refractivity contribution in [1.29, 1.82) is 0 Å². The number of benzene rings is 1. The van der Waals surface area contributed by atoms with Gasteiger partial charge >= 0.3 is 0 Å². The van der Waals surface area contributed by atoms with Gasteiger partial charge in [0.25, 0.3) is 0 Å². The molecule has 2 aliphatic rings. The number of hydrogen-bond donors (Lipinski definition) is 0. The van der Waals surface area contributed by atoms with E-state index >= 15 is 0 Å². The van der Waals surface area contributed by atoms with Crippen LogP contribution in [-0.2, 0) is 17.0 Å². The largest absolute Gasteiger partial charge is 0.376 e. The molecule has 142 valence electrons. The molecule has 1 fully saturated rings. The van der Waals surface area contributed by atoms with E-state index in [1.54, 1.807) is 23.5 Å². The van der Waals surface area contributed by atoms with E-state index in [4.69, 9.17) is 9.73 Å². The van der Waals surface area contributed by atoms with Crippen LogP contribution in [0.2, 0.25) is 0 Å². The fourth-order valence-corrected chi connectivity index (χ4v) is 5.59. The Bertz CT molecular complexity index is 882. The standard InChI is InChI=1S/C21H24N2O2S2/c1-14-10-18(15(2)23(14)11-17-7-5-9-25-17)20(24)13-27-21-22-19-8-4-3-6-16(19)12-26-21/h3-4,6,8,10,17H,5,7,9,11-13H2,1-2H3/t17-/m0/s1. The fraction of sp³-hybridized carbons (Fsp3) is 0.429. The molecule has 27 heavy (non-hydrogen) atoms. The zero-order chi connectivity index (χ0) is 18.8. The molecular weight excluding hydrogens is 376 g/mol. The number of carbonyl (C=O) groups is 1. The number of para-hydroxylation sites is 1. The van der Waals surface area contributed by atoms with Gasteiger partial charge in [-0.3, -0.25) is 4.79 Å². The average molecular weight is 401 g/mol. The Kier molecular flexibility index (Phi) is 5.76. The summed E-state index contributed by atoms with van der Waals surface area (Å²) in [5, 5.41) is 0. The molecule has 0 N–H and O–H groups in total. The van der Waals surface area contributed by atoms with Crippen LogP contribution in [0.15, 0.2) is 35.3 Å². The molecule has 3 heterocycles. The van der Waals surface area contributed by atoms with Crippen molar-refractivity contribution >= 4 is 39.4 Å². The molecule has 1 aromatic heterocycles. The summed E-state index contributed by atoms with van der Waals surface area (Å²) in [5.74, 6) is 1.53. The molecule has 6 heteroatoms. The monoisotopic (exact) mass is 400 g/mol. The minimum atomic E-state index is 0.175. The molecule has 0 saturated carbocycles. The van der Waals surface area contributed by atoms with Crippen LogP contribution in [0, 0.1) is 13.8 Å². The molecule has 1 saturated heterocycles. The van der Waals surface area contributed by atoms with Crippen molar-refractivity contribution in [3.8, 4) is 0 Å². The van der Waals surface area contributed by atoms with Crippen LogP contribution in [0.3, 0.4) is 0 Å². The molecule has 0 spiro atoms. The molecule has 4 rings (SSSR count). The van der Waals surface area contributed by atoms with Crippen LogP contribution in [0.5, 0.6) is 0 Å². The van der Waals surface area contributed by atoms with E-state index in [1.807, 2.05) is 31.2 Å². The molecular formula is C21H24N2O2S2. The van der Waals surface area contributed by atoms with Gasteiger partial charge in [-0.2, -0.15) is 0 Å². The van der Waals surface area contributed by atoms with E-state index in [0.29, 0.717) is 5.75 Å². The third-order valence-corrected chi connectivity index (χ3v) is 7.41. The highest BCUT2D eigenvalue weighted by Gasteiger charge is 2.22. The maximum absolute atomic E-state index is 12.8. The summed E-state index contributed by atoms with van der Waals surface area (Å²) in [6, 6.07) is 10.2. The quantitative estimate of drug-likeness (QED) is 0.652. The number of aliphatic imine (C=N–C) groups is 1. The number of fused-ring (bicyclic) bond motifs is 1. The van der Waals surface area contributed by atoms with E-state index in [9.17, 15) is 4.79 Å². The van der Waals surface area contributed by atoms with Crippen LogP contribution >= 0.6 is 23.5 Å². The smallest absolute Gasteiger partial charge is 0.174 e. The molecule has 0 amide bonds. The molecule has 0 aliphatic carbocycles. The predicted octanol–water partition coefficient (Wildman–Crippen LogP) is 5.13. The molecule has 2 aliphatic heterocycles. The van der Waals surface area contributed by atoms with Crippen LogP contribution in [0.25, 0.3) is 0 Å². The van der Waals surface area contributed by atoms with Gasteiger partial charge < -0.3 is 9.30 Å². The van der Waals surface area contributed by atoms with Gasteiger partial charge in [-0.1, -0.05) is 41.7 Å².